The Morgan fingerprint density at radius 1 is 1.41 bits per heavy atom. The van der Waals surface area contributed by atoms with E-state index in [4.69, 9.17) is 27.8 Å². The number of ether oxygens (including phenoxy) is 1. The highest BCUT2D eigenvalue weighted by atomic mass is 35.5. The summed E-state index contributed by atoms with van der Waals surface area (Å²) < 4.78 is 5.65. The smallest absolute Gasteiger partial charge is 0.143 e. The molecule has 6 heteroatoms. The van der Waals surface area contributed by atoms with Crippen molar-refractivity contribution in [2.75, 3.05) is 6.61 Å². The van der Waals surface area contributed by atoms with E-state index in [1.165, 1.54) is 0 Å². The second-order valence-corrected chi connectivity index (χ2v) is 6.68. The first-order valence-electron chi connectivity index (χ1n) is 8.80. The van der Waals surface area contributed by atoms with Gasteiger partial charge in [-0.2, -0.15) is 5.26 Å². The Morgan fingerprint density at radius 2 is 2.19 bits per heavy atom. The van der Waals surface area contributed by atoms with Crippen molar-refractivity contribution in [3.63, 3.8) is 0 Å². The van der Waals surface area contributed by atoms with E-state index in [-0.39, 0.29) is 0 Å². The number of hydrogen-bond donors (Lipinski definition) is 2. The Bertz CT molecular complexity index is 947. The lowest BCUT2D eigenvalue weighted by molar-refractivity contribution is 0.251. The Hall–Kier alpha value is -2.97. The molecule has 0 spiro atoms. The minimum absolute atomic E-state index is 0.291. The van der Waals surface area contributed by atoms with E-state index in [1.807, 2.05) is 37.3 Å². The van der Waals surface area contributed by atoms with Crippen LogP contribution in [0.4, 0.5) is 0 Å². The van der Waals surface area contributed by atoms with E-state index >= 15 is 0 Å². The van der Waals surface area contributed by atoms with Crippen LogP contribution in [0, 0.1) is 11.3 Å². The second kappa shape index (κ2) is 8.15. The number of hydrogen-bond acceptors (Lipinski definition) is 5. The second-order valence-electron chi connectivity index (χ2n) is 6.27. The number of nitrogens with two attached hydrogens (primary N) is 2. The summed E-state index contributed by atoms with van der Waals surface area (Å²) in [7, 11) is 0. The van der Waals surface area contributed by atoms with Crippen molar-refractivity contribution in [2.24, 2.45) is 16.5 Å². The molecular formula is C21H21ClN4O. The highest BCUT2D eigenvalue weighted by Crippen LogP contribution is 2.42. The SMILES string of the molecule is CCCC1=C(C#N)C(c2ccccc2Cl)/C(=C(/N)C2=CC=CCO2)C(N)=N1. The lowest BCUT2D eigenvalue weighted by Crippen LogP contribution is -2.30. The van der Waals surface area contributed by atoms with Gasteiger partial charge in [-0.3, -0.25) is 0 Å². The minimum atomic E-state index is -0.488. The van der Waals surface area contributed by atoms with Gasteiger partial charge in [-0.1, -0.05) is 49.2 Å². The average molecular weight is 381 g/mol. The van der Waals surface area contributed by atoms with Crippen LogP contribution in [0.25, 0.3) is 0 Å². The fourth-order valence-corrected chi connectivity index (χ4v) is 3.54. The first-order chi connectivity index (χ1) is 13.1. The van der Waals surface area contributed by atoms with Gasteiger partial charge in [0.1, 0.15) is 18.2 Å². The lowest BCUT2D eigenvalue weighted by Gasteiger charge is -2.29. The van der Waals surface area contributed by atoms with Gasteiger partial charge in [-0.05, 0) is 30.2 Å². The molecule has 27 heavy (non-hydrogen) atoms. The van der Waals surface area contributed by atoms with E-state index in [2.05, 4.69) is 11.1 Å². The van der Waals surface area contributed by atoms with Gasteiger partial charge in [0, 0.05) is 10.6 Å². The molecule has 1 unspecified atom stereocenters. The molecule has 0 amide bonds. The van der Waals surface area contributed by atoms with Gasteiger partial charge in [0.2, 0.25) is 0 Å². The summed E-state index contributed by atoms with van der Waals surface area (Å²) in [5.74, 6) is 0.316. The highest BCUT2D eigenvalue weighted by molar-refractivity contribution is 6.31. The van der Waals surface area contributed by atoms with E-state index in [1.54, 1.807) is 12.1 Å². The standard InChI is InChI=1S/C21H21ClN4O/c1-2-7-16-14(12-23)18(13-8-3-4-9-15(13)22)19(21(25)26-16)20(24)17-10-5-6-11-27-17/h3-6,8-10,18H,2,7,11,24H2,1H3,(H2,25,26)/b20-19-. The summed E-state index contributed by atoms with van der Waals surface area (Å²) in [5.41, 5.74) is 15.7. The fourth-order valence-electron chi connectivity index (χ4n) is 3.29. The number of amidine groups is 1. The van der Waals surface area contributed by atoms with Crippen molar-refractivity contribution in [1.82, 2.24) is 0 Å². The summed E-state index contributed by atoms with van der Waals surface area (Å²) in [4.78, 5) is 4.50. The fraction of sp³-hybridized carbons (Fsp3) is 0.238. The molecule has 0 aromatic heterocycles. The molecule has 0 radical (unpaired) electrons. The zero-order chi connectivity index (χ0) is 19.4. The van der Waals surface area contributed by atoms with Gasteiger partial charge in [0.05, 0.1) is 29.0 Å². The summed E-state index contributed by atoms with van der Waals surface area (Å²) in [6.07, 6.45) is 7.03. The van der Waals surface area contributed by atoms with Crippen molar-refractivity contribution >= 4 is 17.4 Å². The largest absolute Gasteiger partial charge is 0.487 e. The molecule has 138 valence electrons. The Kier molecular flexibility index (Phi) is 5.68. The average Bonchev–Trinajstić information content (AvgIpc) is 2.68. The third kappa shape index (κ3) is 3.62. The van der Waals surface area contributed by atoms with Crippen LogP contribution in [0.5, 0.6) is 0 Å². The summed E-state index contributed by atoms with van der Waals surface area (Å²) in [6, 6.07) is 9.72. The molecule has 0 saturated heterocycles. The van der Waals surface area contributed by atoms with E-state index in [9.17, 15) is 5.26 Å². The minimum Gasteiger partial charge on any atom is -0.487 e. The first-order valence-corrected chi connectivity index (χ1v) is 9.18. The van der Waals surface area contributed by atoms with Crippen molar-refractivity contribution in [2.45, 2.75) is 25.7 Å². The van der Waals surface area contributed by atoms with Crippen LogP contribution < -0.4 is 11.5 Å². The van der Waals surface area contributed by atoms with E-state index < -0.39 is 5.92 Å². The predicted octanol–water partition coefficient (Wildman–Crippen LogP) is 4.06. The number of nitriles is 1. The molecule has 5 nitrogen and oxygen atoms in total. The number of rotatable bonds is 4. The Morgan fingerprint density at radius 3 is 2.81 bits per heavy atom. The summed E-state index contributed by atoms with van der Waals surface area (Å²) in [5, 5.41) is 10.5. The zero-order valence-corrected chi connectivity index (χ0v) is 15.8. The van der Waals surface area contributed by atoms with Gasteiger partial charge in [-0.25, -0.2) is 4.99 Å². The van der Waals surface area contributed by atoms with Gasteiger partial charge >= 0.3 is 0 Å². The van der Waals surface area contributed by atoms with Crippen molar-refractivity contribution in [3.8, 4) is 6.07 Å². The monoisotopic (exact) mass is 380 g/mol. The molecule has 0 saturated carbocycles. The topological polar surface area (TPSA) is 97.4 Å². The van der Waals surface area contributed by atoms with E-state index in [0.717, 1.165) is 12.0 Å². The van der Waals surface area contributed by atoms with Crippen LogP contribution in [0.3, 0.4) is 0 Å². The van der Waals surface area contributed by atoms with Crippen LogP contribution in [0.15, 0.2) is 75.8 Å². The Labute approximate surface area is 164 Å². The molecule has 1 aromatic rings. The number of nitrogens with zero attached hydrogens (tertiary/aromatic N) is 2. The highest BCUT2D eigenvalue weighted by Gasteiger charge is 2.34. The molecule has 2 aliphatic rings. The first kappa shape index (κ1) is 18.8. The summed E-state index contributed by atoms with van der Waals surface area (Å²) >= 11 is 6.47. The normalized spacial score (nSPS) is 21.1. The van der Waals surface area contributed by atoms with Gasteiger partial charge in [-0.15, -0.1) is 0 Å². The van der Waals surface area contributed by atoms with Crippen molar-refractivity contribution < 1.29 is 4.74 Å². The summed E-state index contributed by atoms with van der Waals surface area (Å²) in [6.45, 7) is 2.46. The maximum Gasteiger partial charge on any atom is 0.143 e. The number of aliphatic imine (C=N–C) groups is 1. The third-order valence-electron chi connectivity index (χ3n) is 4.52. The molecule has 2 aliphatic heterocycles. The zero-order valence-electron chi connectivity index (χ0n) is 15.1. The van der Waals surface area contributed by atoms with Gasteiger partial charge in [0.25, 0.3) is 0 Å². The van der Waals surface area contributed by atoms with Crippen LogP contribution in [0.2, 0.25) is 5.02 Å². The molecule has 3 rings (SSSR count). The predicted molar refractivity (Wildman–Crippen MR) is 108 cm³/mol. The van der Waals surface area contributed by atoms with Crippen LogP contribution in [-0.2, 0) is 4.74 Å². The van der Waals surface area contributed by atoms with Gasteiger partial charge in [0.15, 0.2) is 0 Å². The van der Waals surface area contributed by atoms with Crippen molar-refractivity contribution in [3.05, 3.63) is 81.4 Å². The molecule has 0 aliphatic carbocycles. The molecule has 2 heterocycles. The number of halogens is 1. The quantitative estimate of drug-likeness (QED) is 0.823. The van der Waals surface area contributed by atoms with Crippen molar-refractivity contribution in [1.29, 1.82) is 5.26 Å². The van der Waals surface area contributed by atoms with E-state index in [0.29, 0.717) is 52.2 Å². The van der Waals surface area contributed by atoms with Crippen LogP contribution in [-0.4, -0.2) is 12.4 Å². The van der Waals surface area contributed by atoms with Gasteiger partial charge < -0.3 is 16.2 Å². The molecular weight excluding hydrogens is 360 g/mol. The number of benzene rings is 1. The maximum absolute atomic E-state index is 9.93. The molecule has 1 aromatic carbocycles. The van der Waals surface area contributed by atoms with Crippen LogP contribution in [0.1, 0.15) is 31.2 Å². The van der Waals surface area contributed by atoms with Crippen LogP contribution >= 0.6 is 11.6 Å². The maximum atomic E-state index is 9.93. The lowest BCUT2D eigenvalue weighted by atomic mass is 9.80. The molecule has 0 bridgehead atoms. The molecule has 0 fully saturated rings. The molecule has 4 N–H and O–H groups in total. The molecule has 1 atom stereocenters. The number of allylic oxidation sites excluding steroid dienone is 4. The third-order valence-corrected chi connectivity index (χ3v) is 4.86. The Balaban J connectivity index is 2.27.